The van der Waals surface area contributed by atoms with Crippen LogP contribution in [0.2, 0.25) is 0 Å². The van der Waals surface area contributed by atoms with Gasteiger partial charge in [-0.1, -0.05) is 40.5 Å². The molecule has 3 unspecified atom stereocenters. The first kappa shape index (κ1) is 15.8. The average molecular weight is 270 g/mol. The van der Waals surface area contributed by atoms with Crippen LogP contribution in [0.15, 0.2) is 0 Å². The minimum Gasteiger partial charge on any atom is -0.480 e. The molecule has 1 rings (SSSR count). The van der Waals surface area contributed by atoms with Crippen molar-refractivity contribution in [1.29, 1.82) is 0 Å². The molecular formula is C14H26N2O3. The molecule has 1 aliphatic rings. The summed E-state index contributed by atoms with van der Waals surface area (Å²) < 4.78 is 0. The van der Waals surface area contributed by atoms with Crippen LogP contribution in [0, 0.1) is 17.8 Å². The second-order valence-electron chi connectivity index (χ2n) is 6.05. The smallest absolute Gasteiger partial charge is 0.326 e. The van der Waals surface area contributed by atoms with Crippen LogP contribution in [-0.4, -0.2) is 29.2 Å². The predicted molar refractivity (Wildman–Crippen MR) is 73.9 cm³/mol. The van der Waals surface area contributed by atoms with E-state index in [-0.39, 0.29) is 18.0 Å². The Balaban J connectivity index is 2.52. The summed E-state index contributed by atoms with van der Waals surface area (Å²) in [5.41, 5.74) is 0. The van der Waals surface area contributed by atoms with Crippen molar-refractivity contribution < 1.29 is 14.7 Å². The molecule has 0 heterocycles. The fourth-order valence-electron chi connectivity index (χ4n) is 2.65. The van der Waals surface area contributed by atoms with E-state index in [2.05, 4.69) is 24.5 Å². The Hall–Kier alpha value is -1.26. The minimum absolute atomic E-state index is 0.133. The lowest BCUT2D eigenvalue weighted by Crippen LogP contribution is -2.53. The van der Waals surface area contributed by atoms with E-state index in [9.17, 15) is 9.59 Å². The molecule has 0 aliphatic heterocycles. The first-order chi connectivity index (χ1) is 8.82. The number of rotatable bonds is 4. The third kappa shape index (κ3) is 4.40. The number of carboxylic acids is 1. The van der Waals surface area contributed by atoms with Gasteiger partial charge in [-0.15, -0.1) is 0 Å². The van der Waals surface area contributed by atoms with Crippen LogP contribution in [0.4, 0.5) is 4.79 Å². The van der Waals surface area contributed by atoms with Crippen LogP contribution in [0.25, 0.3) is 0 Å². The molecule has 0 radical (unpaired) electrons. The number of hydrogen-bond donors (Lipinski definition) is 3. The number of carboxylic acid groups (broad SMARTS) is 1. The van der Waals surface area contributed by atoms with Crippen LogP contribution in [-0.2, 0) is 4.79 Å². The Morgan fingerprint density at radius 1 is 1.21 bits per heavy atom. The maximum atomic E-state index is 11.9. The van der Waals surface area contributed by atoms with Gasteiger partial charge >= 0.3 is 12.0 Å². The Morgan fingerprint density at radius 3 is 2.37 bits per heavy atom. The van der Waals surface area contributed by atoms with Crippen molar-refractivity contribution >= 4 is 12.0 Å². The molecular weight excluding hydrogens is 244 g/mol. The number of amides is 2. The summed E-state index contributed by atoms with van der Waals surface area (Å²) in [6.07, 6.45) is 3.28. The molecule has 110 valence electrons. The molecule has 1 saturated carbocycles. The Kier molecular flexibility index (Phi) is 5.63. The number of carbonyl (C=O) groups excluding carboxylic acids is 1. The second kappa shape index (κ2) is 6.78. The summed E-state index contributed by atoms with van der Waals surface area (Å²) in [5.74, 6) is -0.0950. The number of aliphatic carboxylic acids is 1. The lowest BCUT2D eigenvalue weighted by atomic mass is 9.78. The third-order valence-corrected chi connectivity index (χ3v) is 4.24. The molecule has 0 bridgehead atoms. The van der Waals surface area contributed by atoms with Crippen molar-refractivity contribution in [3.05, 3.63) is 0 Å². The van der Waals surface area contributed by atoms with Crippen LogP contribution in [0.3, 0.4) is 0 Å². The average Bonchev–Trinajstić information content (AvgIpc) is 2.31. The molecule has 4 atom stereocenters. The Morgan fingerprint density at radius 2 is 1.84 bits per heavy atom. The lowest BCUT2D eigenvalue weighted by Gasteiger charge is -2.35. The fraction of sp³-hybridized carbons (Fsp3) is 0.857. The van der Waals surface area contributed by atoms with E-state index in [1.165, 1.54) is 6.42 Å². The summed E-state index contributed by atoms with van der Waals surface area (Å²) in [7, 11) is 0. The minimum atomic E-state index is -0.991. The second-order valence-corrected chi connectivity index (χ2v) is 6.05. The molecule has 2 amide bonds. The van der Waals surface area contributed by atoms with E-state index < -0.39 is 12.0 Å². The van der Waals surface area contributed by atoms with Gasteiger partial charge in [0.05, 0.1) is 0 Å². The number of urea groups is 1. The highest BCUT2D eigenvalue weighted by Crippen LogP contribution is 2.29. The van der Waals surface area contributed by atoms with E-state index in [4.69, 9.17) is 5.11 Å². The number of hydrogen-bond acceptors (Lipinski definition) is 2. The van der Waals surface area contributed by atoms with Crippen molar-refractivity contribution in [3.8, 4) is 0 Å². The molecule has 0 spiro atoms. The van der Waals surface area contributed by atoms with Gasteiger partial charge < -0.3 is 15.7 Å². The summed E-state index contributed by atoms with van der Waals surface area (Å²) >= 11 is 0. The standard InChI is InChI=1S/C14H26N2O3/c1-8(2)12(13(17)18)16-14(19)15-11-7-5-6-9(3)10(11)4/h8-12H,5-7H2,1-4H3,(H,17,18)(H2,15,16,19)/t9?,10?,11?,12-/m0/s1. The van der Waals surface area contributed by atoms with E-state index in [0.717, 1.165) is 12.8 Å². The van der Waals surface area contributed by atoms with Crippen LogP contribution >= 0.6 is 0 Å². The van der Waals surface area contributed by atoms with Crippen LogP contribution < -0.4 is 10.6 Å². The van der Waals surface area contributed by atoms with Gasteiger partial charge in [0.15, 0.2) is 0 Å². The third-order valence-electron chi connectivity index (χ3n) is 4.24. The maximum Gasteiger partial charge on any atom is 0.326 e. The monoisotopic (exact) mass is 270 g/mol. The van der Waals surface area contributed by atoms with Crippen LogP contribution in [0.1, 0.15) is 47.0 Å². The highest BCUT2D eigenvalue weighted by atomic mass is 16.4. The van der Waals surface area contributed by atoms with Gasteiger partial charge in [-0.05, 0) is 24.2 Å². The molecule has 1 fully saturated rings. The highest BCUT2D eigenvalue weighted by molar-refractivity contribution is 5.82. The molecule has 5 nitrogen and oxygen atoms in total. The zero-order chi connectivity index (χ0) is 14.6. The summed E-state index contributed by atoms with van der Waals surface area (Å²) in [4.78, 5) is 22.9. The molecule has 0 aromatic rings. The zero-order valence-electron chi connectivity index (χ0n) is 12.3. The normalized spacial score (nSPS) is 28.8. The zero-order valence-corrected chi connectivity index (χ0v) is 12.3. The SMILES string of the molecule is CC1CCCC(NC(=O)N[C@H](C(=O)O)C(C)C)C1C. The van der Waals surface area contributed by atoms with Crippen molar-refractivity contribution in [2.75, 3.05) is 0 Å². The van der Waals surface area contributed by atoms with Gasteiger partial charge in [0.1, 0.15) is 6.04 Å². The Labute approximate surface area is 115 Å². The Bertz CT molecular complexity index is 331. The first-order valence-electron chi connectivity index (χ1n) is 7.12. The number of nitrogens with one attached hydrogen (secondary N) is 2. The summed E-state index contributed by atoms with van der Waals surface area (Å²) in [6, 6.07) is -1.06. The van der Waals surface area contributed by atoms with E-state index in [0.29, 0.717) is 11.8 Å². The molecule has 3 N–H and O–H groups in total. The predicted octanol–water partition coefficient (Wildman–Crippen LogP) is 2.22. The van der Waals surface area contributed by atoms with Gasteiger partial charge in [-0.2, -0.15) is 0 Å². The quantitative estimate of drug-likeness (QED) is 0.733. The summed E-state index contributed by atoms with van der Waals surface area (Å²) in [6.45, 7) is 7.91. The van der Waals surface area contributed by atoms with Crippen molar-refractivity contribution in [2.45, 2.75) is 59.0 Å². The molecule has 0 saturated heterocycles. The van der Waals surface area contributed by atoms with Gasteiger partial charge in [-0.3, -0.25) is 0 Å². The molecule has 0 aromatic heterocycles. The summed E-state index contributed by atoms with van der Waals surface area (Å²) in [5, 5.41) is 14.5. The maximum absolute atomic E-state index is 11.9. The van der Waals surface area contributed by atoms with Gasteiger partial charge in [0, 0.05) is 6.04 Å². The van der Waals surface area contributed by atoms with Crippen molar-refractivity contribution in [1.82, 2.24) is 10.6 Å². The van der Waals surface area contributed by atoms with Gasteiger partial charge in [0.2, 0.25) is 0 Å². The molecule has 0 aromatic carbocycles. The topological polar surface area (TPSA) is 78.4 Å². The molecule has 5 heteroatoms. The van der Waals surface area contributed by atoms with E-state index >= 15 is 0 Å². The lowest BCUT2D eigenvalue weighted by molar-refractivity contribution is -0.140. The fourth-order valence-corrected chi connectivity index (χ4v) is 2.65. The largest absolute Gasteiger partial charge is 0.480 e. The van der Waals surface area contributed by atoms with E-state index in [1.807, 2.05) is 0 Å². The number of carbonyl (C=O) groups is 2. The van der Waals surface area contributed by atoms with Crippen molar-refractivity contribution in [3.63, 3.8) is 0 Å². The molecule has 1 aliphatic carbocycles. The van der Waals surface area contributed by atoms with Gasteiger partial charge in [0.25, 0.3) is 0 Å². The van der Waals surface area contributed by atoms with E-state index in [1.54, 1.807) is 13.8 Å². The van der Waals surface area contributed by atoms with Crippen molar-refractivity contribution in [2.24, 2.45) is 17.8 Å². The highest BCUT2D eigenvalue weighted by Gasteiger charge is 2.30. The van der Waals surface area contributed by atoms with Gasteiger partial charge in [-0.25, -0.2) is 9.59 Å². The van der Waals surface area contributed by atoms with Crippen LogP contribution in [0.5, 0.6) is 0 Å². The molecule has 19 heavy (non-hydrogen) atoms. The first-order valence-corrected chi connectivity index (χ1v) is 7.12.